The molecule has 0 atom stereocenters. The van der Waals surface area contributed by atoms with E-state index in [2.05, 4.69) is 5.32 Å². The van der Waals surface area contributed by atoms with Gasteiger partial charge in [-0.3, -0.25) is 9.59 Å². The van der Waals surface area contributed by atoms with E-state index < -0.39 is 23.5 Å². The van der Waals surface area contributed by atoms with Crippen LogP contribution < -0.4 is 10.2 Å². The van der Waals surface area contributed by atoms with E-state index in [1.54, 1.807) is 11.0 Å². The van der Waals surface area contributed by atoms with Gasteiger partial charge in [0.25, 0.3) is 11.8 Å². The fourth-order valence-corrected chi connectivity index (χ4v) is 4.93. The van der Waals surface area contributed by atoms with E-state index >= 15 is 0 Å². The average molecular weight is 497 g/mol. The first kappa shape index (κ1) is 23.3. The molecule has 33 heavy (non-hydrogen) atoms. The van der Waals surface area contributed by atoms with Gasteiger partial charge in [-0.25, -0.2) is 4.39 Å². The molecule has 0 fully saturated rings. The number of aryl methyl sites for hydroxylation is 1. The lowest BCUT2D eigenvalue weighted by Crippen LogP contribution is -2.31. The number of amides is 2. The number of thiophene rings is 1. The third kappa shape index (κ3) is 5.04. The zero-order chi connectivity index (χ0) is 23.8. The molecule has 0 bridgehead atoms. The molecule has 0 spiro atoms. The van der Waals surface area contributed by atoms with Gasteiger partial charge in [-0.15, -0.1) is 11.3 Å². The second-order valence-corrected chi connectivity index (χ2v) is 9.26. The number of nitrogens with zero attached hydrogens (tertiary/aromatic N) is 1. The highest BCUT2D eigenvalue weighted by atomic mass is 35.5. The Morgan fingerprint density at radius 2 is 1.70 bits per heavy atom. The molecule has 172 valence electrons. The summed E-state index contributed by atoms with van der Waals surface area (Å²) < 4.78 is 52.8. The molecule has 2 heterocycles. The molecule has 10 heteroatoms. The van der Waals surface area contributed by atoms with E-state index in [0.29, 0.717) is 28.6 Å². The van der Waals surface area contributed by atoms with Gasteiger partial charge in [-0.05, 0) is 67.8 Å². The number of benzene rings is 2. The molecule has 0 aliphatic carbocycles. The molecule has 4 nitrogen and oxygen atoms in total. The van der Waals surface area contributed by atoms with E-state index in [1.165, 1.54) is 35.6 Å². The quantitative estimate of drug-likeness (QED) is 0.406. The van der Waals surface area contributed by atoms with E-state index in [-0.39, 0.29) is 17.2 Å². The number of hydrogen-bond donors (Lipinski definition) is 1. The van der Waals surface area contributed by atoms with Gasteiger partial charge in [-0.1, -0.05) is 11.6 Å². The molecule has 3 aromatic rings. The summed E-state index contributed by atoms with van der Waals surface area (Å²) in [6.45, 7) is 0.559. The molecular formula is C23H17ClF4N2O2S. The van der Waals surface area contributed by atoms with Crippen molar-refractivity contribution in [1.29, 1.82) is 0 Å². The van der Waals surface area contributed by atoms with Crippen molar-refractivity contribution in [3.8, 4) is 0 Å². The fraction of sp³-hybridized carbons (Fsp3) is 0.217. The molecule has 0 saturated heterocycles. The minimum absolute atomic E-state index is 0.209. The number of nitrogens with one attached hydrogen (secondary N) is 1. The number of alkyl halides is 3. The molecule has 4 rings (SSSR count). The fourth-order valence-electron chi connectivity index (χ4n) is 3.62. The van der Waals surface area contributed by atoms with Crippen molar-refractivity contribution in [1.82, 2.24) is 0 Å². The number of carbonyl (C=O) groups is 2. The van der Waals surface area contributed by atoms with Gasteiger partial charge in [0, 0.05) is 28.2 Å². The minimum Gasteiger partial charge on any atom is -0.322 e. The number of hydrogen-bond acceptors (Lipinski definition) is 3. The van der Waals surface area contributed by atoms with Crippen LogP contribution >= 0.6 is 22.9 Å². The van der Waals surface area contributed by atoms with Crippen molar-refractivity contribution >= 4 is 46.1 Å². The summed E-state index contributed by atoms with van der Waals surface area (Å²) in [4.78, 5) is 28.2. The van der Waals surface area contributed by atoms with Crippen LogP contribution in [0.15, 0.2) is 48.5 Å². The Morgan fingerprint density at radius 3 is 2.39 bits per heavy atom. The van der Waals surface area contributed by atoms with E-state index in [0.717, 1.165) is 35.9 Å². The summed E-state index contributed by atoms with van der Waals surface area (Å²) in [6, 6.07) is 9.86. The summed E-state index contributed by atoms with van der Waals surface area (Å²) in [6.07, 6.45) is -2.24. The molecule has 2 amide bonds. The topological polar surface area (TPSA) is 49.4 Å². The van der Waals surface area contributed by atoms with Crippen molar-refractivity contribution in [2.45, 2.75) is 25.4 Å². The Labute approximate surface area is 195 Å². The SMILES string of the molecule is O=C(Nc1ccc(C(=O)N2CCCCc3sc(Cl)cc32)cc1)c1ccc(F)c(C(F)(F)F)c1. The first-order valence-corrected chi connectivity index (χ1v) is 11.2. The van der Waals surface area contributed by atoms with Crippen LogP contribution in [0.4, 0.5) is 28.9 Å². The molecule has 1 aliphatic rings. The maximum Gasteiger partial charge on any atom is 0.419 e. The third-order valence-electron chi connectivity index (χ3n) is 5.25. The molecule has 0 radical (unpaired) electrons. The van der Waals surface area contributed by atoms with Crippen LogP contribution in [0, 0.1) is 5.82 Å². The van der Waals surface area contributed by atoms with Crippen molar-refractivity contribution in [2.24, 2.45) is 0 Å². The second-order valence-electron chi connectivity index (χ2n) is 7.50. The highest BCUT2D eigenvalue weighted by molar-refractivity contribution is 7.16. The number of fused-ring (bicyclic) bond motifs is 1. The maximum atomic E-state index is 13.5. The van der Waals surface area contributed by atoms with Gasteiger partial charge in [-0.2, -0.15) is 13.2 Å². The lowest BCUT2D eigenvalue weighted by Gasteiger charge is -2.21. The largest absolute Gasteiger partial charge is 0.419 e. The van der Waals surface area contributed by atoms with Crippen LogP contribution in [0.2, 0.25) is 4.34 Å². The first-order valence-electron chi connectivity index (χ1n) is 10.0. The van der Waals surface area contributed by atoms with Crippen LogP contribution in [-0.2, 0) is 12.6 Å². The van der Waals surface area contributed by atoms with Crippen LogP contribution in [0.25, 0.3) is 0 Å². The van der Waals surface area contributed by atoms with Crippen molar-refractivity contribution in [3.05, 3.63) is 80.3 Å². The highest BCUT2D eigenvalue weighted by Gasteiger charge is 2.34. The zero-order valence-corrected chi connectivity index (χ0v) is 18.6. The highest BCUT2D eigenvalue weighted by Crippen LogP contribution is 2.37. The predicted molar refractivity (Wildman–Crippen MR) is 120 cm³/mol. The van der Waals surface area contributed by atoms with Gasteiger partial charge in [0.1, 0.15) is 5.82 Å². The lowest BCUT2D eigenvalue weighted by atomic mass is 10.1. The molecule has 1 N–H and O–H groups in total. The molecule has 0 unspecified atom stereocenters. The van der Waals surface area contributed by atoms with Gasteiger partial charge >= 0.3 is 6.18 Å². The van der Waals surface area contributed by atoms with E-state index in [4.69, 9.17) is 11.6 Å². The maximum absolute atomic E-state index is 13.5. The van der Waals surface area contributed by atoms with Gasteiger partial charge in [0.2, 0.25) is 0 Å². The number of halogens is 5. The first-order chi connectivity index (χ1) is 15.6. The summed E-state index contributed by atoms with van der Waals surface area (Å²) in [5.41, 5.74) is -0.368. The molecular weight excluding hydrogens is 480 g/mol. The Balaban J connectivity index is 1.50. The Kier molecular flexibility index (Phi) is 6.45. The van der Waals surface area contributed by atoms with Gasteiger partial charge < -0.3 is 10.2 Å². The van der Waals surface area contributed by atoms with E-state index in [9.17, 15) is 27.2 Å². The normalized spacial score (nSPS) is 13.9. The molecule has 0 saturated carbocycles. The molecule has 2 aromatic carbocycles. The Hall–Kier alpha value is -2.91. The summed E-state index contributed by atoms with van der Waals surface area (Å²) >= 11 is 7.60. The monoisotopic (exact) mass is 496 g/mol. The summed E-state index contributed by atoms with van der Waals surface area (Å²) in [5.74, 6) is -2.49. The van der Waals surface area contributed by atoms with Crippen LogP contribution in [-0.4, -0.2) is 18.4 Å². The van der Waals surface area contributed by atoms with Crippen molar-refractivity contribution < 1.29 is 27.2 Å². The summed E-state index contributed by atoms with van der Waals surface area (Å²) in [5, 5.41) is 2.46. The third-order valence-corrected chi connectivity index (χ3v) is 6.56. The predicted octanol–water partition coefficient (Wildman–Crippen LogP) is 6.79. The van der Waals surface area contributed by atoms with Crippen LogP contribution in [0.5, 0.6) is 0 Å². The zero-order valence-electron chi connectivity index (χ0n) is 17.0. The Bertz CT molecular complexity index is 1210. The van der Waals surface area contributed by atoms with Crippen molar-refractivity contribution in [2.75, 3.05) is 16.8 Å². The standard InChI is InChI=1S/C23H17ClF4N2O2S/c24-20-12-18-19(33-20)3-1-2-10-30(18)22(32)13-4-7-15(8-5-13)29-21(31)14-6-9-17(25)16(11-14)23(26,27)28/h4-9,11-12H,1-3,10H2,(H,29,31). The van der Waals surface area contributed by atoms with Gasteiger partial charge in [0.15, 0.2) is 0 Å². The molecule has 1 aliphatic heterocycles. The van der Waals surface area contributed by atoms with Crippen LogP contribution in [0.3, 0.4) is 0 Å². The minimum atomic E-state index is -4.91. The number of rotatable bonds is 3. The van der Waals surface area contributed by atoms with Gasteiger partial charge in [0.05, 0.1) is 15.6 Å². The summed E-state index contributed by atoms with van der Waals surface area (Å²) in [7, 11) is 0. The van der Waals surface area contributed by atoms with Crippen LogP contribution in [0.1, 0.15) is 44.0 Å². The van der Waals surface area contributed by atoms with Crippen molar-refractivity contribution in [3.63, 3.8) is 0 Å². The van der Waals surface area contributed by atoms with E-state index in [1.807, 2.05) is 0 Å². The smallest absolute Gasteiger partial charge is 0.322 e. The second kappa shape index (κ2) is 9.15. The Morgan fingerprint density at radius 1 is 1.00 bits per heavy atom. The number of anilines is 2. The lowest BCUT2D eigenvalue weighted by molar-refractivity contribution is -0.140. The number of carbonyl (C=O) groups excluding carboxylic acids is 2. The molecule has 1 aromatic heterocycles. The average Bonchev–Trinajstić information content (AvgIpc) is 3.02.